The van der Waals surface area contributed by atoms with Gasteiger partial charge in [-0.3, -0.25) is 0 Å². The van der Waals surface area contributed by atoms with Crippen LogP contribution in [-0.4, -0.2) is 32.1 Å². The molecular weight excluding hydrogens is 315 g/mol. The van der Waals surface area contributed by atoms with E-state index in [4.69, 9.17) is 5.11 Å². The highest BCUT2D eigenvalue weighted by atomic mass is 32.2. The van der Waals surface area contributed by atoms with E-state index in [1.807, 2.05) is 0 Å². The number of sulfone groups is 1. The molecule has 1 aromatic rings. The normalized spacial score (nSPS) is 13.8. The van der Waals surface area contributed by atoms with E-state index in [0.717, 1.165) is 5.38 Å². The van der Waals surface area contributed by atoms with Gasteiger partial charge in [-0.1, -0.05) is 0 Å². The minimum Gasteiger partial charge on any atom is -0.395 e. The molecule has 3 nitrogen and oxygen atoms in total. The van der Waals surface area contributed by atoms with Crippen molar-refractivity contribution in [3.05, 3.63) is 21.9 Å². The first kappa shape index (κ1) is 16.3. The van der Waals surface area contributed by atoms with Crippen LogP contribution in [-0.2, 0) is 21.5 Å². The number of rotatable bonds is 5. The van der Waals surface area contributed by atoms with Crippen molar-refractivity contribution in [2.24, 2.45) is 0 Å². The van der Waals surface area contributed by atoms with Crippen LogP contribution in [0.1, 0.15) is 10.4 Å². The maximum absolute atomic E-state index is 13.0. The molecule has 1 aromatic heterocycles. The number of hydrogen-bond donors (Lipinski definition) is 1. The van der Waals surface area contributed by atoms with E-state index in [-0.39, 0.29) is 16.9 Å². The Hall–Kier alpha value is -0.740. The van der Waals surface area contributed by atoms with Crippen molar-refractivity contribution in [3.63, 3.8) is 0 Å². The summed E-state index contributed by atoms with van der Waals surface area (Å²) in [5.41, 5.74) is -0.155. The second-order valence-corrected chi connectivity index (χ2v) is 6.80. The van der Waals surface area contributed by atoms with Crippen LogP contribution in [0.3, 0.4) is 0 Å². The van der Waals surface area contributed by atoms with Crippen molar-refractivity contribution < 1.29 is 35.5 Å². The van der Waals surface area contributed by atoms with Crippen LogP contribution in [0.5, 0.6) is 0 Å². The quantitative estimate of drug-likeness (QED) is 0.846. The summed E-state index contributed by atoms with van der Waals surface area (Å²) in [6.45, 7) is -0.641. The van der Waals surface area contributed by atoms with Crippen LogP contribution in [0.4, 0.5) is 22.0 Å². The summed E-state index contributed by atoms with van der Waals surface area (Å²) in [5, 5.41) is 9.41. The maximum atomic E-state index is 13.0. The Balaban J connectivity index is 2.96. The Morgan fingerprint density at radius 1 is 1.21 bits per heavy atom. The third-order valence-electron chi connectivity index (χ3n) is 2.11. The van der Waals surface area contributed by atoms with Gasteiger partial charge >= 0.3 is 12.1 Å². The molecule has 19 heavy (non-hydrogen) atoms. The zero-order valence-electron chi connectivity index (χ0n) is 9.25. The molecule has 0 radical (unpaired) electrons. The molecule has 0 aliphatic heterocycles. The van der Waals surface area contributed by atoms with E-state index in [1.165, 1.54) is 0 Å². The van der Waals surface area contributed by atoms with Gasteiger partial charge in [0.2, 0.25) is 0 Å². The number of alkyl halides is 5. The van der Waals surface area contributed by atoms with Gasteiger partial charge in [0, 0.05) is 0 Å². The molecule has 0 amide bonds. The van der Waals surface area contributed by atoms with Gasteiger partial charge in [0.05, 0.1) is 23.0 Å². The van der Waals surface area contributed by atoms with Gasteiger partial charge in [-0.05, 0) is 17.0 Å². The number of halogens is 5. The molecule has 0 unspecified atom stereocenters. The van der Waals surface area contributed by atoms with Gasteiger partial charge < -0.3 is 5.11 Å². The molecule has 1 heterocycles. The van der Waals surface area contributed by atoms with Gasteiger partial charge in [-0.2, -0.15) is 22.0 Å². The van der Waals surface area contributed by atoms with Crippen molar-refractivity contribution in [2.45, 2.75) is 17.9 Å². The third kappa shape index (κ3) is 3.86. The molecule has 0 fully saturated rings. The van der Waals surface area contributed by atoms with Crippen molar-refractivity contribution in [1.29, 1.82) is 0 Å². The van der Waals surface area contributed by atoms with E-state index in [0.29, 0.717) is 6.07 Å². The molecule has 0 atom stereocenters. The molecule has 10 heteroatoms. The molecule has 0 aliphatic carbocycles. The summed E-state index contributed by atoms with van der Waals surface area (Å²) in [5.74, 6) is -6.26. The van der Waals surface area contributed by atoms with Crippen molar-refractivity contribution in [1.82, 2.24) is 0 Å². The lowest BCUT2D eigenvalue weighted by molar-refractivity contribution is -0.287. The largest absolute Gasteiger partial charge is 0.458 e. The highest BCUT2D eigenvalue weighted by molar-refractivity contribution is 7.90. The fraction of sp³-hybridized carbons (Fsp3) is 0.556. The predicted molar refractivity (Wildman–Crippen MR) is 58.8 cm³/mol. The van der Waals surface area contributed by atoms with Crippen molar-refractivity contribution in [2.75, 3.05) is 12.4 Å². The Morgan fingerprint density at radius 3 is 2.26 bits per heavy atom. The molecule has 0 bridgehead atoms. The van der Waals surface area contributed by atoms with Crippen LogP contribution >= 0.6 is 11.3 Å². The van der Waals surface area contributed by atoms with Crippen LogP contribution in [0.2, 0.25) is 0 Å². The molecule has 0 spiro atoms. The summed E-state index contributed by atoms with van der Waals surface area (Å²) < 4.78 is 84.8. The Labute approximate surface area is 109 Å². The van der Waals surface area contributed by atoms with Crippen LogP contribution < -0.4 is 0 Å². The number of hydrogen-bond acceptors (Lipinski definition) is 4. The summed E-state index contributed by atoms with van der Waals surface area (Å²) in [6, 6.07) is 0.521. The molecule has 0 aliphatic rings. The highest BCUT2D eigenvalue weighted by Crippen LogP contribution is 2.46. The Bertz CT molecular complexity index is 532. The lowest BCUT2D eigenvalue weighted by Gasteiger charge is -2.17. The lowest BCUT2D eigenvalue weighted by Crippen LogP contribution is -2.32. The fourth-order valence-electron chi connectivity index (χ4n) is 1.22. The zero-order valence-corrected chi connectivity index (χ0v) is 10.9. The Kier molecular flexibility index (Phi) is 4.58. The molecule has 1 rings (SSSR count). The number of aliphatic hydroxyl groups is 1. The molecule has 0 saturated carbocycles. The monoisotopic (exact) mass is 324 g/mol. The van der Waals surface area contributed by atoms with Crippen LogP contribution in [0, 0.1) is 0 Å². The van der Waals surface area contributed by atoms with Crippen molar-refractivity contribution in [3.8, 4) is 0 Å². The minimum atomic E-state index is -5.72. The topological polar surface area (TPSA) is 54.4 Å². The average molecular weight is 324 g/mol. The molecule has 0 saturated heterocycles. The first-order chi connectivity index (χ1) is 8.49. The van der Waals surface area contributed by atoms with E-state index in [1.54, 1.807) is 0 Å². The van der Waals surface area contributed by atoms with E-state index < -0.39 is 44.9 Å². The molecule has 110 valence electrons. The average Bonchev–Trinajstić information content (AvgIpc) is 2.63. The molecule has 0 aromatic carbocycles. The predicted octanol–water partition coefficient (Wildman–Crippen LogP) is 2.31. The van der Waals surface area contributed by atoms with Crippen LogP contribution in [0.25, 0.3) is 0 Å². The molecule has 1 N–H and O–H groups in total. The smallest absolute Gasteiger partial charge is 0.395 e. The van der Waals surface area contributed by atoms with Gasteiger partial charge in [0.25, 0.3) is 0 Å². The summed E-state index contributed by atoms with van der Waals surface area (Å²) in [7, 11) is -3.72. The third-order valence-corrected chi connectivity index (χ3v) is 4.73. The lowest BCUT2D eigenvalue weighted by atomic mass is 10.2. The minimum absolute atomic E-state index is 0.145. The second kappa shape index (κ2) is 5.33. The highest BCUT2D eigenvalue weighted by Gasteiger charge is 2.59. The second-order valence-electron chi connectivity index (χ2n) is 3.71. The zero-order chi connectivity index (χ0) is 14.9. The standard InChI is InChI=1S/C9H9F5O3S2/c10-8(11,9(12,13)14)7-3-6(4-18-7)5-19(16,17)2-1-15/h3-4,15H,1-2,5H2. The number of aliphatic hydroxyl groups excluding tert-OH is 1. The summed E-state index contributed by atoms with van der Waals surface area (Å²) >= 11 is 0.145. The number of thiophene rings is 1. The van der Waals surface area contributed by atoms with Crippen LogP contribution in [0.15, 0.2) is 11.4 Å². The van der Waals surface area contributed by atoms with Gasteiger partial charge in [0.1, 0.15) is 0 Å². The Morgan fingerprint density at radius 2 is 1.79 bits per heavy atom. The first-order valence-corrected chi connectivity index (χ1v) is 7.53. The van der Waals surface area contributed by atoms with Gasteiger partial charge in [-0.25, -0.2) is 8.42 Å². The van der Waals surface area contributed by atoms with E-state index >= 15 is 0 Å². The SMILES string of the molecule is O=S(=O)(CCO)Cc1csc(C(F)(F)C(F)(F)F)c1. The van der Waals surface area contributed by atoms with Gasteiger partial charge in [0.15, 0.2) is 9.84 Å². The summed E-state index contributed by atoms with van der Waals surface area (Å²) in [6.07, 6.45) is -5.72. The summed E-state index contributed by atoms with van der Waals surface area (Å²) in [4.78, 5) is -1.26. The molecular formula is C9H9F5O3S2. The van der Waals surface area contributed by atoms with Crippen molar-refractivity contribution >= 4 is 21.2 Å². The maximum Gasteiger partial charge on any atom is 0.458 e. The van der Waals surface area contributed by atoms with E-state index in [2.05, 4.69) is 0 Å². The first-order valence-electron chi connectivity index (χ1n) is 4.83. The van der Waals surface area contributed by atoms with Gasteiger partial charge in [-0.15, -0.1) is 11.3 Å². The fourth-order valence-corrected chi connectivity index (χ4v) is 3.34. The van der Waals surface area contributed by atoms with E-state index in [9.17, 15) is 30.4 Å².